The van der Waals surface area contributed by atoms with E-state index >= 15 is 0 Å². The first kappa shape index (κ1) is 23.9. The second kappa shape index (κ2) is 8.71. The van der Waals surface area contributed by atoms with Crippen molar-refractivity contribution in [3.8, 4) is 17.0 Å². The van der Waals surface area contributed by atoms with Crippen LogP contribution in [0.2, 0.25) is 5.02 Å². The zero-order valence-electron chi connectivity index (χ0n) is 21.1. The normalized spacial score (nSPS) is 15.2. The minimum absolute atomic E-state index is 0.00617. The summed E-state index contributed by atoms with van der Waals surface area (Å²) in [5.41, 5.74) is 4.44. The predicted octanol–water partition coefficient (Wildman–Crippen LogP) is 4.89. The number of carbonyl (C=O) groups is 1. The molecule has 1 unspecified atom stereocenters. The van der Waals surface area contributed by atoms with E-state index in [9.17, 15) is 9.59 Å². The van der Waals surface area contributed by atoms with Crippen LogP contribution < -0.4 is 15.2 Å². The van der Waals surface area contributed by atoms with Crippen molar-refractivity contribution in [1.82, 2.24) is 18.9 Å². The van der Waals surface area contributed by atoms with E-state index in [0.29, 0.717) is 27.7 Å². The monoisotopic (exact) mass is 505 g/mol. The number of methoxy groups -OCH3 is 1. The van der Waals surface area contributed by atoms with Crippen LogP contribution in [0.4, 0.5) is 5.82 Å². The average Bonchev–Trinajstić information content (AvgIpc) is 3.46. The van der Waals surface area contributed by atoms with Gasteiger partial charge in [-0.1, -0.05) is 23.7 Å². The van der Waals surface area contributed by atoms with Crippen LogP contribution in [-0.4, -0.2) is 31.9 Å². The number of benzene rings is 1. The van der Waals surface area contributed by atoms with Crippen LogP contribution in [0, 0.1) is 6.92 Å². The third-order valence-corrected chi connectivity index (χ3v) is 6.91. The van der Waals surface area contributed by atoms with Gasteiger partial charge in [0.2, 0.25) is 0 Å². The summed E-state index contributed by atoms with van der Waals surface area (Å²) in [6.45, 7) is 6.04. The third-order valence-electron chi connectivity index (χ3n) is 6.66. The first-order valence-corrected chi connectivity index (χ1v) is 12.1. The maximum atomic E-state index is 14.1. The standard InChI is InChI=1S/C27H28ClN5O3/c1-15(2)32-21(19-13-24(34)30(4)14-22(19)36-6)12-20-26(32)25(17-7-9-18(28)10-8-17)33(27(20)35)23-11-16(3)29-31(23)5/h7-15,25H,1-6H3. The molecule has 1 aliphatic heterocycles. The highest BCUT2D eigenvalue weighted by molar-refractivity contribution is 6.30. The lowest BCUT2D eigenvalue weighted by Gasteiger charge is -2.29. The van der Waals surface area contributed by atoms with Gasteiger partial charge in [0.25, 0.3) is 11.5 Å². The summed E-state index contributed by atoms with van der Waals surface area (Å²) in [4.78, 5) is 28.4. The minimum Gasteiger partial charge on any atom is -0.495 e. The predicted molar refractivity (Wildman–Crippen MR) is 140 cm³/mol. The molecule has 186 valence electrons. The Bertz CT molecular complexity index is 1540. The van der Waals surface area contributed by atoms with Gasteiger partial charge in [-0.05, 0) is 44.5 Å². The van der Waals surface area contributed by atoms with Crippen molar-refractivity contribution in [3.63, 3.8) is 0 Å². The van der Waals surface area contributed by atoms with Crippen molar-refractivity contribution >= 4 is 23.3 Å². The molecule has 1 aliphatic rings. The second-order valence-electron chi connectivity index (χ2n) is 9.39. The van der Waals surface area contributed by atoms with Gasteiger partial charge in [-0.2, -0.15) is 5.10 Å². The SMILES string of the molecule is COc1cn(C)c(=O)cc1-c1cc2c(n1C(C)C)C(c1ccc(Cl)cc1)N(c1cc(C)nn1C)C2=O. The lowest BCUT2D eigenvalue weighted by atomic mass is 10.0. The van der Waals surface area contributed by atoms with E-state index in [-0.39, 0.29) is 17.5 Å². The number of carbonyl (C=O) groups excluding carboxylic acids is 1. The molecule has 9 heteroatoms. The third kappa shape index (κ3) is 3.64. The lowest BCUT2D eigenvalue weighted by molar-refractivity contribution is 0.0992. The molecule has 0 radical (unpaired) electrons. The summed E-state index contributed by atoms with van der Waals surface area (Å²) < 4.78 is 11.0. The first-order chi connectivity index (χ1) is 17.1. The van der Waals surface area contributed by atoms with Crippen molar-refractivity contribution in [3.05, 3.63) is 86.6 Å². The fraction of sp³-hybridized carbons (Fsp3) is 0.296. The topological polar surface area (TPSA) is 74.3 Å². The van der Waals surface area contributed by atoms with E-state index < -0.39 is 6.04 Å². The Labute approximate surface area is 214 Å². The summed E-state index contributed by atoms with van der Waals surface area (Å²) in [6.07, 6.45) is 1.67. The number of ether oxygens (including phenoxy) is 1. The molecule has 0 N–H and O–H groups in total. The van der Waals surface area contributed by atoms with Gasteiger partial charge < -0.3 is 13.9 Å². The van der Waals surface area contributed by atoms with E-state index in [1.807, 2.05) is 50.4 Å². The zero-order valence-corrected chi connectivity index (χ0v) is 21.9. The van der Waals surface area contributed by atoms with E-state index in [0.717, 1.165) is 22.6 Å². The number of aromatic nitrogens is 4. The van der Waals surface area contributed by atoms with Gasteiger partial charge in [0.15, 0.2) is 0 Å². The smallest absolute Gasteiger partial charge is 0.262 e. The molecule has 5 rings (SSSR count). The van der Waals surface area contributed by atoms with Crippen LogP contribution >= 0.6 is 11.6 Å². The van der Waals surface area contributed by atoms with Crippen LogP contribution in [-0.2, 0) is 14.1 Å². The molecule has 0 spiro atoms. The number of hydrogen-bond acceptors (Lipinski definition) is 4. The highest BCUT2D eigenvalue weighted by Gasteiger charge is 2.44. The van der Waals surface area contributed by atoms with E-state index in [1.54, 1.807) is 36.0 Å². The highest BCUT2D eigenvalue weighted by Crippen LogP contribution is 2.47. The van der Waals surface area contributed by atoms with E-state index in [1.165, 1.54) is 4.57 Å². The van der Waals surface area contributed by atoms with Crippen molar-refractivity contribution < 1.29 is 9.53 Å². The van der Waals surface area contributed by atoms with Crippen molar-refractivity contribution in [1.29, 1.82) is 0 Å². The number of aryl methyl sites for hydroxylation is 3. The Kier molecular flexibility index (Phi) is 5.79. The summed E-state index contributed by atoms with van der Waals surface area (Å²) in [7, 11) is 5.10. The van der Waals surface area contributed by atoms with Gasteiger partial charge in [-0.3, -0.25) is 19.2 Å². The number of pyridine rings is 1. The fourth-order valence-corrected chi connectivity index (χ4v) is 5.23. The van der Waals surface area contributed by atoms with Crippen LogP contribution in [0.5, 0.6) is 5.75 Å². The molecule has 4 heterocycles. The number of fused-ring (bicyclic) bond motifs is 1. The van der Waals surface area contributed by atoms with Crippen LogP contribution in [0.15, 0.2) is 53.5 Å². The van der Waals surface area contributed by atoms with Crippen LogP contribution in [0.3, 0.4) is 0 Å². The largest absolute Gasteiger partial charge is 0.495 e. The summed E-state index contributed by atoms with van der Waals surface area (Å²) >= 11 is 6.21. The molecule has 1 amide bonds. The van der Waals surface area contributed by atoms with E-state index in [2.05, 4.69) is 23.5 Å². The maximum absolute atomic E-state index is 14.1. The van der Waals surface area contributed by atoms with Crippen molar-refractivity contribution in [2.75, 3.05) is 12.0 Å². The average molecular weight is 506 g/mol. The van der Waals surface area contributed by atoms with Gasteiger partial charge in [-0.25, -0.2) is 0 Å². The molecule has 4 aromatic rings. The quantitative estimate of drug-likeness (QED) is 0.387. The summed E-state index contributed by atoms with van der Waals surface area (Å²) in [5.74, 6) is 1.14. The molecule has 0 fully saturated rings. The Balaban J connectivity index is 1.81. The van der Waals surface area contributed by atoms with E-state index in [4.69, 9.17) is 16.3 Å². The summed E-state index contributed by atoms with van der Waals surface area (Å²) in [5, 5.41) is 5.11. The highest BCUT2D eigenvalue weighted by atomic mass is 35.5. The van der Waals surface area contributed by atoms with Gasteiger partial charge >= 0.3 is 0 Å². The molecular formula is C27H28ClN5O3. The molecule has 36 heavy (non-hydrogen) atoms. The molecule has 0 bridgehead atoms. The number of nitrogens with zero attached hydrogens (tertiary/aromatic N) is 5. The molecule has 1 atom stereocenters. The first-order valence-electron chi connectivity index (χ1n) is 11.7. The number of amides is 1. The number of hydrogen-bond donors (Lipinski definition) is 0. The lowest BCUT2D eigenvalue weighted by Crippen LogP contribution is -2.31. The summed E-state index contributed by atoms with van der Waals surface area (Å²) in [6, 6.07) is 12.5. The number of rotatable bonds is 5. The zero-order chi connectivity index (χ0) is 25.9. The van der Waals surface area contributed by atoms with Gasteiger partial charge in [0.05, 0.1) is 29.8 Å². The second-order valence-corrected chi connectivity index (χ2v) is 9.83. The number of anilines is 1. The van der Waals surface area contributed by atoms with Gasteiger partial charge in [-0.15, -0.1) is 0 Å². The number of halogens is 1. The molecular weight excluding hydrogens is 478 g/mol. The Morgan fingerprint density at radius 3 is 2.31 bits per heavy atom. The molecule has 0 saturated heterocycles. The van der Waals surface area contributed by atoms with Crippen LogP contribution in [0.1, 0.15) is 53.2 Å². The van der Waals surface area contributed by atoms with Crippen LogP contribution in [0.25, 0.3) is 11.3 Å². The Hall–Kier alpha value is -3.78. The minimum atomic E-state index is -0.409. The molecule has 8 nitrogen and oxygen atoms in total. The Morgan fingerprint density at radius 1 is 1.03 bits per heavy atom. The van der Waals surface area contributed by atoms with Gasteiger partial charge in [0, 0.05) is 49.1 Å². The van der Waals surface area contributed by atoms with Gasteiger partial charge in [0.1, 0.15) is 17.6 Å². The molecule has 0 saturated carbocycles. The van der Waals surface area contributed by atoms with Crippen molar-refractivity contribution in [2.45, 2.75) is 32.9 Å². The molecule has 0 aliphatic carbocycles. The molecule has 3 aromatic heterocycles. The van der Waals surface area contributed by atoms with Crippen molar-refractivity contribution in [2.24, 2.45) is 14.1 Å². The Morgan fingerprint density at radius 2 is 1.72 bits per heavy atom. The maximum Gasteiger partial charge on any atom is 0.262 e. The molecule has 1 aromatic carbocycles. The fourth-order valence-electron chi connectivity index (χ4n) is 5.10.